The van der Waals surface area contributed by atoms with Crippen LogP contribution < -0.4 is 5.32 Å². The van der Waals surface area contributed by atoms with Gasteiger partial charge in [-0.2, -0.15) is 0 Å². The molecule has 0 saturated heterocycles. The summed E-state index contributed by atoms with van der Waals surface area (Å²) < 4.78 is 5.23. The van der Waals surface area contributed by atoms with Gasteiger partial charge in [-0.05, 0) is 27.7 Å². The quantitative estimate of drug-likeness (QED) is 0.668. The van der Waals surface area contributed by atoms with Crippen LogP contribution in [-0.2, 0) is 9.53 Å². The van der Waals surface area contributed by atoms with Crippen LogP contribution in [0.15, 0.2) is 0 Å². The van der Waals surface area contributed by atoms with Gasteiger partial charge in [-0.25, -0.2) is 0 Å². The molecule has 0 radical (unpaired) electrons. The molecule has 0 aliphatic heterocycles. The monoisotopic (exact) mass is 189 g/mol. The van der Waals surface area contributed by atoms with Gasteiger partial charge in [0.1, 0.15) is 6.61 Å². The molecule has 1 amide bonds. The van der Waals surface area contributed by atoms with E-state index in [4.69, 9.17) is 9.84 Å². The highest BCUT2D eigenvalue weighted by molar-refractivity contribution is 5.77. The van der Waals surface area contributed by atoms with Crippen molar-refractivity contribution >= 4 is 5.91 Å². The first-order chi connectivity index (χ1) is 5.81. The van der Waals surface area contributed by atoms with Gasteiger partial charge in [0.2, 0.25) is 5.91 Å². The number of nitrogens with one attached hydrogen (secondary N) is 1. The first-order valence-corrected chi connectivity index (χ1v) is 4.40. The Kier molecular flexibility index (Phi) is 4.95. The summed E-state index contributed by atoms with van der Waals surface area (Å²) in [7, 11) is 0. The predicted octanol–water partition coefficient (Wildman–Crippen LogP) is 0.298. The summed E-state index contributed by atoms with van der Waals surface area (Å²) in [6.45, 7) is 7.58. The van der Waals surface area contributed by atoms with Gasteiger partial charge in [-0.1, -0.05) is 0 Å². The smallest absolute Gasteiger partial charge is 0.246 e. The van der Waals surface area contributed by atoms with Gasteiger partial charge in [0, 0.05) is 6.54 Å². The number of carbonyl (C=O) groups is 1. The molecule has 0 fully saturated rings. The summed E-state index contributed by atoms with van der Waals surface area (Å²) >= 11 is 0. The predicted molar refractivity (Wildman–Crippen MR) is 50.4 cm³/mol. The Hall–Kier alpha value is -0.610. The number of aliphatic hydroxyl groups is 1. The lowest BCUT2D eigenvalue weighted by Crippen LogP contribution is -2.35. The van der Waals surface area contributed by atoms with Gasteiger partial charge in [0.15, 0.2) is 0 Å². The fourth-order valence-corrected chi connectivity index (χ4v) is 0.595. The molecular formula is C9H19NO3. The number of amides is 1. The number of hydrogen-bond donors (Lipinski definition) is 2. The van der Waals surface area contributed by atoms with Crippen molar-refractivity contribution in [3.05, 3.63) is 0 Å². The lowest BCUT2D eigenvalue weighted by atomic mass is 10.2. The first-order valence-electron chi connectivity index (χ1n) is 4.40. The molecular weight excluding hydrogens is 170 g/mol. The maximum absolute atomic E-state index is 11.0. The van der Waals surface area contributed by atoms with Gasteiger partial charge >= 0.3 is 0 Å². The highest BCUT2D eigenvalue weighted by Gasteiger charge is 2.12. The van der Waals surface area contributed by atoms with Crippen LogP contribution in [-0.4, -0.2) is 35.9 Å². The largest absolute Gasteiger partial charge is 0.392 e. The number of hydrogen-bond acceptors (Lipinski definition) is 3. The molecule has 0 aliphatic carbocycles. The number of ether oxygens (including phenoxy) is 1. The van der Waals surface area contributed by atoms with Crippen molar-refractivity contribution in [3.8, 4) is 0 Å². The van der Waals surface area contributed by atoms with Crippen LogP contribution in [0.25, 0.3) is 0 Å². The highest BCUT2D eigenvalue weighted by atomic mass is 16.5. The van der Waals surface area contributed by atoms with Crippen molar-refractivity contribution in [2.24, 2.45) is 0 Å². The first kappa shape index (κ1) is 12.4. The van der Waals surface area contributed by atoms with Gasteiger partial charge in [0.05, 0.1) is 11.7 Å². The Morgan fingerprint density at radius 2 is 2.08 bits per heavy atom. The third-order valence-corrected chi connectivity index (χ3v) is 1.23. The van der Waals surface area contributed by atoms with Gasteiger partial charge < -0.3 is 15.2 Å². The lowest BCUT2D eigenvalue weighted by Gasteiger charge is -2.19. The normalized spacial score (nSPS) is 13.9. The average molecular weight is 189 g/mol. The summed E-state index contributed by atoms with van der Waals surface area (Å²) in [6, 6.07) is 0. The van der Waals surface area contributed by atoms with E-state index in [9.17, 15) is 4.79 Å². The molecule has 0 heterocycles. The van der Waals surface area contributed by atoms with Crippen molar-refractivity contribution < 1.29 is 14.6 Å². The Balaban J connectivity index is 3.53. The molecule has 0 aromatic carbocycles. The average Bonchev–Trinajstić information content (AvgIpc) is 1.95. The van der Waals surface area contributed by atoms with Crippen LogP contribution in [0.2, 0.25) is 0 Å². The Labute approximate surface area is 79.3 Å². The standard InChI is InChI=1S/C9H19NO3/c1-7(11)5-10-8(12)6-13-9(2,3)4/h7,11H,5-6H2,1-4H3,(H,10,12)/t7-/m1/s1. The molecule has 78 valence electrons. The summed E-state index contributed by atoms with van der Waals surface area (Å²) in [5.41, 5.74) is -0.303. The number of rotatable bonds is 4. The van der Waals surface area contributed by atoms with Crippen molar-refractivity contribution in [2.75, 3.05) is 13.2 Å². The zero-order valence-electron chi connectivity index (χ0n) is 8.76. The second kappa shape index (κ2) is 5.19. The fraction of sp³-hybridized carbons (Fsp3) is 0.889. The van der Waals surface area contributed by atoms with E-state index in [-0.39, 0.29) is 24.7 Å². The van der Waals surface area contributed by atoms with Crippen molar-refractivity contribution in [3.63, 3.8) is 0 Å². The second-order valence-corrected chi connectivity index (χ2v) is 4.05. The number of aliphatic hydroxyl groups excluding tert-OH is 1. The molecule has 0 unspecified atom stereocenters. The summed E-state index contributed by atoms with van der Waals surface area (Å²) in [5.74, 6) is -0.198. The summed E-state index contributed by atoms with van der Waals surface area (Å²) in [4.78, 5) is 11.0. The van der Waals surface area contributed by atoms with Crippen LogP contribution in [0.5, 0.6) is 0 Å². The van der Waals surface area contributed by atoms with Crippen LogP contribution in [0.4, 0.5) is 0 Å². The van der Waals surface area contributed by atoms with Crippen molar-refractivity contribution in [1.29, 1.82) is 0 Å². The van der Waals surface area contributed by atoms with Crippen LogP contribution >= 0.6 is 0 Å². The minimum absolute atomic E-state index is 0.0379. The van der Waals surface area contributed by atoms with Gasteiger partial charge in [0.25, 0.3) is 0 Å². The number of carbonyl (C=O) groups excluding carboxylic acids is 1. The van der Waals surface area contributed by atoms with E-state index in [1.807, 2.05) is 20.8 Å². The Bertz CT molecular complexity index is 161. The summed E-state index contributed by atoms with van der Waals surface area (Å²) in [6.07, 6.45) is -0.515. The molecule has 2 N–H and O–H groups in total. The van der Waals surface area contributed by atoms with Crippen LogP contribution in [0.1, 0.15) is 27.7 Å². The van der Waals surface area contributed by atoms with Crippen molar-refractivity contribution in [1.82, 2.24) is 5.32 Å². The SMILES string of the molecule is C[C@@H](O)CNC(=O)COC(C)(C)C. The third kappa shape index (κ3) is 9.30. The fourth-order valence-electron chi connectivity index (χ4n) is 0.595. The topological polar surface area (TPSA) is 58.6 Å². The van der Waals surface area contributed by atoms with E-state index < -0.39 is 6.10 Å². The van der Waals surface area contributed by atoms with Gasteiger partial charge in [-0.15, -0.1) is 0 Å². The molecule has 0 aliphatic rings. The zero-order valence-corrected chi connectivity index (χ0v) is 8.76. The maximum Gasteiger partial charge on any atom is 0.246 e. The van der Waals surface area contributed by atoms with Crippen molar-refractivity contribution in [2.45, 2.75) is 39.4 Å². The Morgan fingerprint density at radius 3 is 2.46 bits per heavy atom. The molecule has 0 aromatic rings. The molecule has 4 nitrogen and oxygen atoms in total. The molecule has 0 spiro atoms. The highest BCUT2D eigenvalue weighted by Crippen LogP contribution is 2.05. The van der Waals surface area contributed by atoms with E-state index in [1.165, 1.54) is 0 Å². The molecule has 0 rings (SSSR count). The van der Waals surface area contributed by atoms with E-state index in [0.29, 0.717) is 0 Å². The van der Waals surface area contributed by atoms with E-state index in [0.717, 1.165) is 0 Å². The molecule has 0 aromatic heterocycles. The molecule has 0 saturated carbocycles. The second-order valence-electron chi connectivity index (χ2n) is 4.05. The summed E-state index contributed by atoms with van der Waals surface area (Å²) in [5, 5.41) is 11.4. The molecule has 13 heavy (non-hydrogen) atoms. The zero-order chi connectivity index (χ0) is 10.5. The van der Waals surface area contributed by atoms with Crippen LogP contribution in [0, 0.1) is 0 Å². The van der Waals surface area contributed by atoms with E-state index >= 15 is 0 Å². The molecule has 0 bridgehead atoms. The van der Waals surface area contributed by atoms with E-state index in [1.54, 1.807) is 6.92 Å². The minimum Gasteiger partial charge on any atom is -0.392 e. The van der Waals surface area contributed by atoms with Crippen LogP contribution in [0.3, 0.4) is 0 Å². The third-order valence-electron chi connectivity index (χ3n) is 1.23. The minimum atomic E-state index is -0.515. The van der Waals surface area contributed by atoms with Gasteiger partial charge in [-0.3, -0.25) is 4.79 Å². The maximum atomic E-state index is 11.0. The lowest BCUT2D eigenvalue weighted by molar-refractivity contribution is -0.130. The molecule has 1 atom stereocenters. The molecule has 4 heteroatoms. The van der Waals surface area contributed by atoms with E-state index in [2.05, 4.69) is 5.32 Å². The Morgan fingerprint density at radius 1 is 1.54 bits per heavy atom.